The van der Waals surface area contributed by atoms with Crippen molar-refractivity contribution in [1.29, 1.82) is 0 Å². The molecule has 3 amide bonds. The molecule has 2 saturated heterocycles. The summed E-state index contributed by atoms with van der Waals surface area (Å²) in [7, 11) is 4.10. The molecule has 0 spiro atoms. The van der Waals surface area contributed by atoms with Crippen LogP contribution in [0.25, 0.3) is 0 Å². The largest absolute Gasteiger partial charge is 0.378 e. The number of carbonyl (C=O) groups excluding carboxylic acids is 2. The number of rotatable bonds is 8. The molecule has 0 bridgehead atoms. The number of nitrogens with zero attached hydrogens (tertiary/aromatic N) is 4. The van der Waals surface area contributed by atoms with Gasteiger partial charge in [0.05, 0.1) is 11.2 Å². The zero-order valence-corrected chi connectivity index (χ0v) is 21.0. The molecule has 1 atom stereocenters. The fourth-order valence-electron chi connectivity index (χ4n) is 5.17. The number of aromatic nitrogens is 1. The number of urea groups is 1. The third-order valence-corrected chi connectivity index (χ3v) is 8.31. The van der Waals surface area contributed by atoms with Crippen molar-refractivity contribution in [3.05, 3.63) is 45.9 Å². The number of hydrogen-bond acceptors (Lipinski definition) is 6. The Hall–Kier alpha value is -2.45. The van der Waals surface area contributed by atoms with Gasteiger partial charge >= 0.3 is 6.03 Å². The van der Waals surface area contributed by atoms with Crippen LogP contribution in [0.5, 0.6) is 0 Å². The first-order chi connectivity index (χ1) is 15.8. The van der Waals surface area contributed by atoms with Gasteiger partial charge in [0.25, 0.3) is 5.91 Å². The minimum atomic E-state index is -0.765. The number of carbonyl (C=O) groups is 2. The van der Waals surface area contributed by atoms with Crippen LogP contribution in [0.1, 0.15) is 42.3 Å². The Labute approximate surface area is 200 Å². The lowest BCUT2D eigenvalue weighted by molar-refractivity contribution is -0.134. The van der Waals surface area contributed by atoms with Crippen LogP contribution >= 0.6 is 11.3 Å². The van der Waals surface area contributed by atoms with Crippen molar-refractivity contribution in [1.82, 2.24) is 20.1 Å². The van der Waals surface area contributed by atoms with Crippen molar-refractivity contribution in [2.24, 2.45) is 5.92 Å². The Morgan fingerprint density at radius 3 is 2.45 bits per heavy atom. The molecule has 2 aliphatic heterocycles. The number of benzene rings is 1. The summed E-state index contributed by atoms with van der Waals surface area (Å²) in [5.41, 5.74) is 4.54. The third kappa shape index (κ3) is 4.77. The first-order valence-corrected chi connectivity index (χ1v) is 12.7. The van der Waals surface area contributed by atoms with E-state index in [1.54, 1.807) is 11.3 Å². The Bertz CT molecular complexity index is 981. The normalized spacial score (nSPS) is 22.1. The van der Waals surface area contributed by atoms with Gasteiger partial charge in [-0.05, 0) is 62.9 Å². The average Bonchev–Trinajstić information content (AvgIpc) is 3.33. The number of likely N-dealkylation sites (tertiary alicyclic amines) is 1. The van der Waals surface area contributed by atoms with Crippen LogP contribution in [-0.4, -0.2) is 66.0 Å². The molecule has 1 aromatic carbocycles. The Morgan fingerprint density at radius 1 is 1.18 bits per heavy atom. The number of imide groups is 1. The summed E-state index contributed by atoms with van der Waals surface area (Å²) in [5.74, 6) is 0.122. The van der Waals surface area contributed by atoms with E-state index in [-0.39, 0.29) is 17.9 Å². The number of thiazole rings is 1. The number of nitrogens with one attached hydrogen (secondary N) is 1. The second kappa shape index (κ2) is 9.81. The van der Waals surface area contributed by atoms with Crippen LogP contribution in [-0.2, 0) is 17.8 Å². The summed E-state index contributed by atoms with van der Waals surface area (Å²) in [6.45, 7) is 7.19. The van der Waals surface area contributed by atoms with E-state index >= 15 is 0 Å². The summed E-state index contributed by atoms with van der Waals surface area (Å²) in [6, 6.07) is 8.45. The lowest BCUT2D eigenvalue weighted by atomic mass is 9.75. The summed E-state index contributed by atoms with van der Waals surface area (Å²) in [6.07, 6.45) is 3.12. The summed E-state index contributed by atoms with van der Waals surface area (Å²) < 4.78 is 0. The van der Waals surface area contributed by atoms with E-state index in [0.717, 1.165) is 43.0 Å². The van der Waals surface area contributed by atoms with Gasteiger partial charge in [-0.3, -0.25) is 14.6 Å². The molecular weight excluding hydrogens is 434 g/mol. The first-order valence-electron chi connectivity index (χ1n) is 11.9. The first kappa shape index (κ1) is 23.7. The second-order valence-corrected chi connectivity index (χ2v) is 10.4. The van der Waals surface area contributed by atoms with Crippen LogP contribution < -0.4 is 10.2 Å². The number of aryl methyl sites for hydroxylation is 1. The predicted molar refractivity (Wildman–Crippen MR) is 133 cm³/mol. The molecule has 7 nitrogen and oxygen atoms in total. The highest BCUT2D eigenvalue weighted by Crippen LogP contribution is 2.36. The number of anilines is 1. The van der Waals surface area contributed by atoms with E-state index in [9.17, 15) is 9.59 Å². The Morgan fingerprint density at radius 2 is 1.88 bits per heavy atom. The Balaban J connectivity index is 1.36. The van der Waals surface area contributed by atoms with Crippen molar-refractivity contribution >= 4 is 29.0 Å². The molecule has 4 rings (SSSR count). The SMILES string of the molecule is CC[C@]1(C2CCN(Cc3ccc(N(C)C)cc3)CC2)NC(=O)N(CCc2scnc2C)C1=O. The maximum atomic E-state index is 13.5. The van der Waals surface area contributed by atoms with Crippen molar-refractivity contribution in [2.75, 3.05) is 38.6 Å². The molecule has 2 fully saturated rings. The molecule has 0 saturated carbocycles. The molecule has 2 aliphatic rings. The predicted octanol–water partition coefficient (Wildman–Crippen LogP) is 3.67. The van der Waals surface area contributed by atoms with Gasteiger partial charge in [0.1, 0.15) is 5.54 Å². The average molecular weight is 470 g/mol. The fourth-order valence-corrected chi connectivity index (χ4v) is 5.94. The molecule has 0 unspecified atom stereocenters. The molecule has 1 aromatic heterocycles. The number of amides is 3. The van der Waals surface area contributed by atoms with Gasteiger partial charge in [0.2, 0.25) is 0 Å². The summed E-state index contributed by atoms with van der Waals surface area (Å²) >= 11 is 1.58. The highest BCUT2D eigenvalue weighted by molar-refractivity contribution is 7.09. The van der Waals surface area contributed by atoms with Crippen molar-refractivity contribution in [3.63, 3.8) is 0 Å². The standard InChI is InChI=1S/C25H35N5O2S/c1-5-25(23(31)30(24(32)27-25)15-12-22-18(2)26-17-33-22)20-10-13-29(14-11-20)16-19-6-8-21(9-7-19)28(3)4/h6-9,17,20H,5,10-16H2,1-4H3,(H,27,32)/t25-/m1/s1. The quantitative estimate of drug-likeness (QED) is 0.598. The van der Waals surface area contributed by atoms with Gasteiger partial charge in [-0.1, -0.05) is 19.1 Å². The molecule has 2 aromatic rings. The van der Waals surface area contributed by atoms with E-state index < -0.39 is 5.54 Å². The summed E-state index contributed by atoms with van der Waals surface area (Å²) in [5, 5.41) is 3.11. The maximum absolute atomic E-state index is 13.5. The van der Waals surface area contributed by atoms with Crippen LogP contribution in [0.2, 0.25) is 0 Å². The zero-order chi connectivity index (χ0) is 23.6. The van der Waals surface area contributed by atoms with E-state index in [4.69, 9.17) is 0 Å². The van der Waals surface area contributed by atoms with Gasteiger partial charge < -0.3 is 10.2 Å². The lowest BCUT2D eigenvalue weighted by Crippen LogP contribution is -2.55. The number of piperidine rings is 1. The van der Waals surface area contributed by atoms with Gasteiger partial charge in [0, 0.05) is 44.2 Å². The van der Waals surface area contributed by atoms with E-state index in [1.807, 2.05) is 33.5 Å². The zero-order valence-electron chi connectivity index (χ0n) is 20.1. The smallest absolute Gasteiger partial charge is 0.325 e. The molecule has 0 radical (unpaired) electrons. The van der Waals surface area contributed by atoms with Crippen molar-refractivity contribution in [3.8, 4) is 0 Å². The molecule has 8 heteroatoms. The fraction of sp³-hybridized carbons (Fsp3) is 0.560. The van der Waals surface area contributed by atoms with Gasteiger partial charge in [-0.2, -0.15) is 0 Å². The minimum Gasteiger partial charge on any atom is -0.378 e. The van der Waals surface area contributed by atoms with Crippen LogP contribution in [0.15, 0.2) is 29.8 Å². The molecule has 1 N–H and O–H groups in total. The molecule has 3 heterocycles. The third-order valence-electron chi connectivity index (χ3n) is 7.31. The van der Waals surface area contributed by atoms with E-state index in [2.05, 4.69) is 44.4 Å². The molecular formula is C25H35N5O2S. The second-order valence-electron chi connectivity index (χ2n) is 9.43. The maximum Gasteiger partial charge on any atom is 0.325 e. The highest BCUT2D eigenvalue weighted by Gasteiger charge is 2.54. The molecule has 0 aliphatic carbocycles. The van der Waals surface area contributed by atoms with E-state index in [1.165, 1.54) is 16.2 Å². The van der Waals surface area contributed by atoms with Crippen LogP contribution in [0, 0.1) is 12.8 Å². The van der Waals surface area contributed by atoms with Crippen LogP contribution in [0.4, 0.5) is 10.5 Å². The topological polar surface area (TPSA) is 68.8 Å². The van der Waals surface area contributed by atoms with Crippen molar-refractivity contribution < 1.29 is 9.59 Å². The molecule has 178 valence electrons. The Kier molecular flexibility index (Phi) is 7.05. The van der Waals surface area contributed by atoms with E-state index in [0.29, 0.717) is 19.4 Å². The molecule has 33 heavy (non-hydrogen) atoms. The van der Waals surface area contributed by atoms with Crippen LogP contribution in [0.3, 0.4) is 0 Å². The summed E-state index contributed by atoms with van der Waals surface area (Å²) in [4.78, 5) is 37.7. The van der Waals surface area contributed by atoms with Gasteiger partial charge in [-0.15, -0.1) is 11.3 Å². The van der Waals surface area contributed by atoms with Gasteiger partial charge in [-0.25, -0.2) is 9.78 Å². The highest BCUT2D eigenvalue weighted by atomic mass is 32.1. The lowest BCUT2D eigenvalue weighted by Gasteiger charge is -2.40. The minimum absolute atomic E-state index is 0.0464. The number of hydrogen-bond donors (Lipinski definition) is 1. The monoisotopic (exact) mass is 469 g/mol. The van der Waals surface area contributed by atoms with Crippen molar-refractivity contribution in [2.45, 2.75) is 51.6 Å². The van der Waals surface area contributed by atoms with Gasteiger partial charge in [0.15, 0.2) is 0 Å².